The quantitative estimate of drug-likeness (QED) is 0.454. The van der Waals surface area contributed by atoms with Crippen molar-refractivity contribution in [3.63, 3.8) is 0 Å². The van der Waals surface area contributed by atoms with E-state index in [1.807, 2.05) is 20.1 Å². The van der Waals surface area contributed by atoms with Gasteiger partial charge in [0.05, 0.1) is 17.1 Å². The summed E-state index contributed by atoms with van der Waals surface area (Å²) in [7, 11) is -3.59. The van der Waals surface area contributed by atoms with Crippen molar-refractivity contribution in [2.24, 2.45) is 5.92 Å². The summed E-state index contributed by atoms with van der Waals surface area (Å²) in [6, 6.07) is 6.84. The topological polar surface area (TPSA) is 92.8 Å². The molecule has 1 aromatic carbocycles. The zero-order chi connectivity index (χ0) is 23.5. The van der Waals surface area contributed by atoms with E-state index in [1.165, 1.54) is 15.6 Å². The highest BCUT2D eigenvalue weighted by atomic mass is 32.2. The third kappa shape index (κ3) is 5.19. The standard InChI is InChI=1S/C22H28N2O5S3/c1-5-29-22(26)19-14(2)15(3)31-21(19)23-20(25)16-10-12-24(13-11-16)32(27,28)18-8-6-17(30-4)7-9-18/h6-9,16H,5,10-13H2,1-4H3,(H,23,25). The normalized spacial score (nSPS) is 15.5. The van der Waals surface area contributed by atoms with Gasteiger partial charge in [-0.05, 0) is 69.7 Å². The number of amides is 1. The minimum atomic E-state index is -3.59. The molecule has 0 saturated carbocycles. The first-order valence-corrected chi connectivity index (χ1v) is 13.9. The number of ether oxygens (including phenoxy) is 1. The molecule has 0 atom stereocenters. The number of nitrogens with zero attached hydrogens (tertiary/aromatic N) is 1. The second kappa shape index (κ2) is 10.4. The zero-order valence-electron chi connectivity index (χ0n) is 18.6. The average Bonchev–Trinajstić information content (AvgIpc) is 3.06. The smallest absolute Gasteiger partial charge is 0.341 e. The van der Waals surface area contributed by atoms with Crippen LogP contribution in [-0.4, -0.2) is 50.6 Å². The number of thioether (sulfide) groups is 1. The van der Waals surface area contributed by atoms with Crippen molar-refractivity contribution < 1.29 is 22.7 Å². The lowest BCUT2D eigenvalue weighted by atomic mass is 9.97. The minimum absolute atomic E-state index is 0.196. The maximum Gasteiger partial charge on any atom is 0.341 e. The molecule has 1 N–H and O–H groups in total. The lowest BCUT2D eigenvalue weighted by Crippen LogP contribution is -2.41. The van der Waals surface area contributed by atoms with Gasteiger partial charge in [-0.25, -0.2) is 13.2 Å². The molecule has 10 heteroatoms. The van der Waals surface area contributed by atoms with E-state index >= 15 is 0 Å². The van der Waals surface area contributed by atoms with Crippen molar-refractivity contribution in [2.75, 3.05) is 31.3 Å². The van der Waals surface area contributed by atoms with Crippen molar-refractivity contribution >= 4 is 50.0 Å². The summed E-state index contributed by atoms with van der Waals surface area (Å²) >= 11 is 2.91. The molecule has 2 heterocycles. The Morgan fingerprint density at radius 3 is 2.38 bits per heavy atom. The van der Waals surface area contributed by atoms with E-state index in [-0.39, 0.29) is 36.4 Å². The lowest BCUT2D eigenvalue weighted by molar-refractivity contribution is -0.120. The fourth-order valence-electron chi connectivity index (χ4n) is 3.63. The second-order valence-corrected chi connectivity index (χ2v) is 11.6. The molecule has 3 rings (SSSR count). The van der Waals surface area contributed by atoms with Gasteiger partial charge < -0.3 is 10.1 Å². The second-order valence-electron chi connectivity index (χ2n) is 7.55. The Morgan fingerprint density at radius 1 is 1.19 bits per heavy atom. The van der Waals surface area contributed by atoms with Gasteiger partial charge >= 0.3 is 5.97 Å². The molecule has 0 aliphatic carbocycles. The summed E-state index contributed by atoms with van der Waals surface area (Å²) in [6.07, 6.45) is 2.78. The van der Waals surface area contributed by atoms with E-state index in [1.54, 1.807) is 43.0 Å². The third-order valence-corrected chi connectivity index (χ3v) is 9.40. The highest BCUT2D eigenvalue weighted by Crippen LogP contribution is 2.34. The van der Waals surface area contributed by atoms with Crippen molar-refractivity contribution in [2.45, 2.75) is 43.4 Å². The predicted octanol–water partition coefficient (Wildman–Crippen LogP) is 4.30. The highest BCUT2D eigenvalue weighted by molar-refractivity contribution is 7.98. The number of nitrogens with one attached hydrogen (secondary N) is 1. The molecule has 7 nitrogen and oxygen atoms in total. The van der Waals surface area contributed by atoms with Crippen LogP contribution in [0.15, 0.2) is 34.1 Å². The van der Waals surface area contributed by atoms with E-state index in [4.69, 9.17) is 4.74 Å². The summed E-state index contributed by atoms with van der Waals surface area (Å²) in [5, 5.41) is 3.38. The van der Waals surface area contributed by atoms with E-state index in [9.17, 15) is 18.0 Å². The van der Waals surface area contributed by atoms with E-state index in [2.05, 4.69) is 5.32 Å². The molecule has 0 bridgehead atoms. The van der Waals surface area contributed by atoms with Crippen LogP contribution in [-0.2, 0) is 19.6 Å². The van der Waals surface area contributed by atoms with Gasteiger partial charge in [-0.1, -0.05) is 0 Å². The summed E-state index contributed by atoms with van der Waals surface area (Å²) in [5.41, 5.74) is 1.20. The first-order valence-electron chi connectivity index (χ1n) is 10.4. The van der Waals surface area contributed by atoms with Gasteiger partial charge in [-0.15, -0.1) is 23.1 Å². The molecule has 0 spiro atoms. The first kappa shape index (κ1) is 24.8. The molecule has 174 valence electrons. The van der Waals surface area contributed by atoms with Gasteiger partial charge in [-0.3, -0.25) is 4.79 Å². The molecule has 0 unspecified atom stereocenters. The molecule has 0 radical (unpaired) electrons. The molecule has 1 fully saturated rings. The van der Waals surface area contributed by atoms with Crippen LogP contribution < -0.4 is 5.32 Å². The van der Waals surface area contributed by atoms with E-state index in [0.717, 1.165) is 15.3 Å². The number of esters is 1. The third-order valence-electron chi connectivity index (χ3n) is 5.62. The van der Waals surface area contributed by atoms with Gasteiger partial charge in [0.2, 0.25) is 15.9 Å². The summed E-state index contributed by atoms with van der Waals surface area (Å²) in [6.45, 7) is 6.28. The minimum Gasteiger partial charge on any atom is -0.462 e. The summed E-state index contributed by atoms with van der Waals surface area (Å²) in [5.74, 6) is -0.964. The number of aryl methyl sites for hydroxylation is 1. The van der Waals surface area contributed by atoms with Crippen molar-refractivity contribution in [1.82, 2.24) is 4.31 Å². The number of carbonyl (C=O) groups is 2. The average molecular weight is 497 g/mol. The molecule has 1 aliphatic heterocycles. The molecule has 1 saturated heterocycles. The number of piperidine rings is 1. The Labute approximate surface area is 197 Å². The number of rotatable bonds is 7. The number of sulfonamides is 1. The van der Waals surface area contributed by atoms with E-state index in [0.29, 0.717) is 23.4 Å². The number of carbonyl (C=O) groups excluding carboxylic acids is 2. The molecular weight excluding hydrogens is 468 g/mol. The van der Waals surface area contributed by atoms with Crippen LogP contribution in [0.4, 0.5) is 5.00 Å². The van der Waals surface area contributed by atoms with Gasteiger partial charge in [0.15, 0.2) is 0 Å². The zero-order valence-corrected chi connectivity index (χ0v) is 21.1. The highest BCUT2D eigenvalue weighted by Gasteiger charge is 2.33. The molecule has 1 aliphatic rings. The summed E-state index contributed by atoms with van der Waals surface area (Å²) in [4.78, 5) is 27.4. The number of thiophene rings is 1. The number of benzene rings is 1. The van der Waals surface area contributed by atoms with Crippen molar-refractivity contribution in [3.8, 4) is 0 Å². The van der Waals surface area contributed by atoms with Crippen molar-refractivity contribution in [1.29, 1.82) is 0 Å². The van der Waals surface area contributed by atoms with Gasteiger partial charge in [0, 0.05) is 28.8 Å². The molecule has 2 aromatic rings. The van der Waals surface area contributed by atoms with Crippen LogP contribution in [0.2, 0.25) is 0 Å². The Morgan fingerprint density at radius 2 is 1.81 bits per heavy atom. The van der Waals surface area contributed by atoms with E-state index < -0.39 is 16.0 Å². The Hall–Kier alpha value is -1.88. The van der Waals surface area contributed by atoms with Gasteiger partial charge in [-0.2, -0.15) is 4.31 Å². The van der Waals surface area contributed by atoms with Crippen LogP contribution in [0.1, 0.15) is 40.6 Å². The van der Waals surface area contributed by atoms with Gasteiger partial charge in [0.25, 0.3) is 0 Å². The number of hydrogen-bond donors (Lipinski definition) is 1. The Bertz CT molecular complexity index is 1090. The predicted molar refractivity (Wildman–Crippen MR) is 128 cm³/mol. The fourth-order valence-corrected chi connectivity index (χ4v) is 6.56. The number of hydrogen-bond acceptors (Lipinski definition) is 7. The SMILES string of the molecule is CCOC(=O)c1c(NC(=O)C2CCN(S(=O)(=O)c3ccc(SC)cc3)CC2)sc(C)c1C. The maximum atomic E-state index is 12.9. The Balaban J connectivity index is 1.66. The van der Waals surface area contributed by atoms with Crippen LogP contribution in [0.25, 0.3) is 0 Å². The fraction of sp³-hybridized carbons (Fsp3) is 0.455. The molecule has 1 amide bonds. The first-order chi connectivity index (χ1) is 15.2. The van der Waals surface area contributed by atoms with Crippen LogP contribution in [0, 0.1) is 19.8 Å². The van der Waals surface area contributed by atoms with Crippen LogP contribution in [0.3, 0.4) is 0 Å². The van der Waals surface area contributed by atoms with Gasteiger partial charge in [0.1, 0.15) is 5.00 Å². The van der Waals surface area contributed by atoms with Crippen LogP contribution in [0.5, 0.6) is 0 Å². The Kier molecular flexibility index (Phi) is 8.02. The largest absolute Gasteiger partial charge is 0.462 e. The summed E-state index contributed by atoms with van der Waals surface area (Å²) < 4.78 is 32.5. The number of anilines is 1. The molecule has 32 heavy (non-hydrogen) atoms. The lowest BCUT2D eigenvalue weighted by Gasteiger charge is -2.30. The van der Waals surface area contributed by atoms with Crippen molar-refractivity contribution in [3.05, 3.63) is 40.3 Å². The maximum absolute atomic E-state index is 12.9. The monoisotopic (exact) mass is 496 g/mol. The molecule has 1 aromatic heterocycles. The molecular formula is C22H28N2O5S3. The van der Waals surface area contributed by atoms with Crippen LogP contribution >= 0.6 is 23.1 Å².